The number of aromatic nitrogens is 2. The maximum Gasteiger partial charge on any atom is 0.257 e. The maximum absolute atomic E-state index is 12.4. The highest BCUT2D eigenvalue weighted by atomic mass is 32.2. The highest BCUT2D eigenvalue weighted by Gasteiger charge is 2.16. The summed E-state index contributed by atoms with van der Waals surface area (Å²) in [5.41, 5.74) is 1.70. The largest absolute Gasteiger partial charge is 0.298 e. The number of unbranched alkanes of at least 4 members (excludes halogenated alkanes) is 1. The average Bonchev–Trinajstić information content (AvgIpc) is 3.17. The molecule has 0 saturated carbocycles. The van der Waals surface area contributed by atoms with Gasteiger partial charge in [0.05, 0.1) is 22.4 Å². The monoisotopic (exact) mass is 412 g/mol. The molecule has 0 bridgehead atoms. The van der Waals surface area contributed by atoms with Crippen molar-refractivity contribution in [3.05, 3.63) is 59.6 Å². The minimum absolute atomic E-state index is 0.0957. The van der Waals surface area contributed by atoms with Crippen molar-refractivity contribution in [2.75, 3.05) is 11.1 Å². The average molecular weight is 412 g/mol. The first-order chi connectivity index (χ1) is 13.5. The van der Waals surface area contributed by atoms with Gasteiger partial charge in [0.15, 0.2) is 15.0 Å². The van der Waals surface area contributed by atoms with Gasteiger partial charge in [0.1, 0.15) is 5.69 Å². The Morgan fingerprint density at radius 2 is 1.93 bits per heavy atom. The molecule has 7 nitrogen and oxygen atoms in total. The normalized spacial score (nSPS) is 11.0. The summed E-state index contributed by atoms with van der Waals surface area (Å²) >= 11 is 1.28. The van der Waals surface area contributed by atoms with Gasteiger partial charge in [-0.3, -0.25) is 15.1 Å². The molecule has 3 rings (SSSR count). The fraction of sp³-hybridized carbons (Fsp3) is 0.158. The van der Waals surface area contributed by atoms with E-state index < -0.39 is 9.84 Å². The molecule has 0 aliphatic heterocycles. The van der Waals surface area contributed by atoms with Crippen LogP contribution in [0.1, 0.15) is 23.2 Å². The van der Waals surface area contributed by atoms with Crippen LogP contribution in [0.3, 0.4) is 0 Å². The smallest absolute Gasteiger partial charge is 0.257 e. The van der Waals surface area contributed by atoms with Crippen LogP contribution in [0, 0.1) is 11.3 Å². The van der Waals surface area contributed by atoms with E-state index in [-0.39, 0.29) is 29.4 Å². The number of amides is 1. The van der Waals surface area contributed by atoms with E-state index in [2.05, 4.69) is 15.3 Å². The summed E-state index contributed by atoms with van der Waals surface area (Å²) in [5.74, 6) is -0.475. The van der Waals surface area contributed by atoms with E-state index in [0.29, 0.717) is 22.1 Å². The molecule has 1 N–H and O–H groups in total. The van der Waals surface area contributed by atoms with Gasteiger partial charge in [-0.15, -0.1) is 11.3 Å². The number of rotatable bonds is 7. The molecule has 2 aromatic heterocycles. The molecule has 0 radical (unpaired) electrons. The number of nitrogens with one attached hydrogen (secondary N) is 1. The second-order valence-corrected chi connectivity index (χ2v) is 8.78. The van der Waals surface area contributed by atoms with Gasteiger partial charge in [-0.1, -0.05) is 6.07 Å². The number of carbonyl (C=O) groups excluding carboxylic acids is 1. The number of nitrogens with zero attached hydrogens (tertiary/aromatic N) is 3. The van der Waals surface area contributed by atoms with E-state index in [1.807, 2.05) is 24.3 Å². The highest BCUT2D eigenvalue weighted by Crippen LogP contribution is 2.23. The second kappa shape index (κ2) is 8.73. The Bertz CT molecular complexity index is 1100. The molecule has 3 aromatic rings. The molecule has 0 aliphatic rings. The van der Waals surface area contributed by atoms with Crippen molar-refractivity contribution < 1.29 is 13.2 Å². The Morgan fingerprint density at radius 1 is 1.14 bits per heavy atom. The number of sulfone groups is 1. The minimum Gasteiger partial charge on any atom is -0.298 e. The van der Waals surface area contributed by atoms with Crippen LogP contribution in [0.5, 0.6) is 0 Å². The van der Waals surface area contributed by atoms with Crippen LogP contribution < -0.4 is 5.32 Å². The van der Waals surface area contributed by atoms with E-state index in [1.54, 1.807) is 11.6 Å². The van der Waals surface area contributed by atoms with Crippen molar-refractivity contribution in [1.82, 2.24) is 9.97 Å². The number of benzene rings is 1. The third-order valence-electron chi connectivity index (χ3n) is 3.83. The summed E-state index contributed by atoms with van der Waals surface area (Å²) < 4.78 is 24.4. The molecule has 0 saturated heterocycles. The minimum atomic E-state index is -3.46. The van der Waals surface area contributed by atoms with Crippen LogP contribution in [0.25, 0.3) is 11.4 Å². The summed E-state index contributed by atoms with van der Waals surface area (Å²) in [5, 5.41) is 13.5. The number of nitriles is 1. The predicted octanol–water partition coefficient (Wildman–Crippen LogP) is 3.53. The SMILES string of the molecule is N#CCCCS(=O)(=O)c1ccc(C(=O)Nc2nc(-c3ccccn3)cs2)cc1. The predicted molar refractivity (Wildman–Crippen MR) is 107 cm³/mol. The topological polar surface area (TPSA) is 113 Å². The second-order valence-electron chi connectivity index (χ2n) is 5.81. The molecule has 9 heteroatoms. The van der Waals surface area contributed by atoms with Crippen LogP contribution in [-0.4, -0.2) is 30.0 Å². The van der Waals surface area contributed by atoms with E-state index in [0.717, 1.165) is 0 Å². The lowest BCUT2D eigenvalue weighted by molar-refractivity contribution is 0.102. The van der Waals surface area contributed by atoms with Crippen molar-refractivity contribution in [3.8, 4) is 17.5 Å². The molecular formula is C19H16N4O3S2. The van der Waals surface area contributed by atoms with Gasteiger partial charge in [0.2, 0.25) is 0 Å². The van der Waals surface area contributed by atoms with Crippen LogP contribution in [0.2, 0.25) is 0 Å². The molecule has 0 spiro atoms. The molecule has 2 heterocycles. The molecule has 1 aromatic carbocycles. The van der Waals surface area contributed by atoms with Gasteiger partial charge in [-0.25, -0.2) is 13.4 Å². The van der Waals surface area contributed by atoms with Gasteiger partial charge in [-0.05, 0) is 42.8 Å². The molecular weight excluding hydrogens is 396 g/mol. The van der Waals surface area contributed by atoms with Crippen molar-refractivity contribution in [2.24, 2.45) is 0 Å². The number of hydrogen-bond donors (Lipinski definition) is 1. The molecule has 0 fully saturated rings. The highest BCUT2D eigenvalue weighted by molar-refractivity contribution is 7.91. The number of anilines is 1. The Kier molecular flexibility index (Phi) is 6.13. The molecule has 142 valence electrons. The third kappa shape index (κ3) is 4.79. The van der Waals surface area contributed by atoms with Gasteiger partial charge in [0, 0.05) is 23.6 Å². The quantitative estimate of drug-likeness (QED) is 0.594. The number of hydrogen-bond acceptors (Lipinski definition) is 7. The summed E-state index contributed by atoms with van der Waals surface area (Å²) in [6.45, 7) is 0. The van der Waals surface area contributed by atoms with Crippen molar-refractivity contribution in [2.45, 2.75) is 17.7 Å². The third-order valence-corrected chi connectivity index (χ3v) is 6.40. The zero-order chi connectivity index (χ0) is 20.0. The summed E-state index contributed by atoms with van der Waals surface area (Å²) in [6, 6.07) is 13.1. The lowest BCUT2D eigenvalue weighted by Gasteiger charge is -2.05. The number of thiazole rings is 1. The van der Waals surface area contributed by atoms with Gasteiger partial charge < -0.3 is 0 Å². The molecule has 0 unspecified atom stereocenters. The molecule has 0 atom stereocenters. The van der Waals surface area contributed by atoms with Crippen LogP contribution in [-0.2, 0) is 9.84 Å². The first kappa shape index (κ1) is 19.7. The van der Waals surface area contributed by atoms with E-state index in [1.165, 1.54) is 35.6 Å². The molecule has 0 aliphatic carbocycles. The Hall–Kier alpha value is -3.09. The first-order valence-corrected chi connectivity index (χ1v) is 10.9. The fourth-order valence-electron chi connectivity index (χ4n) is 2.41. The van der Waals surface area contributed by atoms with Gasteiger partial charge >= 0.3 is 0 Å². The lowest BCUT2D eigenvalue weighted by atomic mass is 10.2. The molecule has 1 amide bonds. The Labute approximate surface area is 166 Å². The zero-order valence-corrected chi connectivity index (χ0v) is 16.3. The van der Waals surface area contributed by atoms with E-state index in [4.69, 9.17) is 5.26 Å². The van der Waals surface area contributed by atoms with Crippen molar-refractivity contribution in [1.29, 1.82) is 5.26 Å². The summed E-state index contributed by atoms with van der Waals surface area (Å²) in [7, 11) is -3.46. The van der Waals surface area contributed by atoms with E-state index in [9.17, 15) is 13.2 Å². The maximum atomic E-state index is 12.4. The van der Waals surface area contributed by atoms with Crippen molar-refractivity contribution in [3.63, 3.8) is 0 Å². The Morgan fingerprint density at radius 3 is 2.61 bits per heavy atom. The standard InChI is InChI=1S/C19H16N4O3S2/c20-10-2-4-12-28(25,26)15-8-6-14(7-9-15)18(24)23-19-22-17(13-27-19)16-5-1-3-11-21-16/h1,3,5-9,11,13H,2,4,12H2,(H,22,23,24). The van der Waals surface area contributed by atoms with Crippen LogP contribution in [0.15, 0.2) is 58.9 Å². The number of pyridine rings is 1. The van der Waals surface area contributed by atoms with E-state index >= 15 is 0 Å². The summed E-state index contributed by atoms with van der Waals surface area (Å²) in [4.78, 5) is 21.1. The van der Waals surface area contributed by atoms with Crippen LogP contribution >= 0.6 is 11.3 Å². The summed E-state index contributed by atoms with van der Waals surface area (Å²) in [6.07, 6.45) is 2.14. The Balaban J connectivity index is 1.67. The van der Waals surface area contributed by atoms with Crippen LogP contribution in [0.4, 0.5) is 5.13 Å². The fourth-order valence-corrected chi connectivity index (χ4v) is 4.42. The zero-order valence-electron chi connectivity index (χ0n) is 14.7. The van der Waals surface area contributed by atoms with Crippen molar-refractivity contribution >= 4 is 32.2 Å². The number of carbonyl (C=O) groups is 1. The van der Waals surface area contributed by atoms with Gasteiger partial charge in [0.25, 0.3) is 5.91 Å². The van der Waals surface area contributed by atoms with Gasteiger partial charge in [-0.2, -0.15) is 5.26 Å². The lowest BCUT2D eigenvalue weighted by Crippen LogP contribution is -2.12. The molecule has 28 heavy (non-hydrogen) atoms. The first-order valence-electron chi connectivity index (χ1n) is 8.37.